The molecule has 0 fully saturated rings. The number of aromatic nitrogens is 3. The van der Waals surface area contributed by atoms with Gasteiger partial charge in [0.2, 0.25) is 0 Å². The zero-order valence-electron chi connectivity index (χ0n) is 17.1. The van der Waals surface area contributed by atoms with E-state index in [4.69, 9.17) is 30.2 Å². The number of hydrogen-bond acceptors (Lipinski definition) is 9. The summed E-state index contributed by atoms with van der Waals surface area (Å²) in [5.74, 6) is 0.00311. The molecule has 0 bridgehead atoms. The van der Waals surface area contributed by atoms with Crippen LogP contribution in [0.5, 0.6) is 0 Å². The van der Waals surface area contributed by atoms with Crippen LogP contribution in [0.1, 0.15) is 29.3 Å². The van der Waals surface area contributed by atoms with Gasteiger partial charge in [0.1, 0.15) is 36.1 Å². The number of methoxy groups -OCH3 is 1. The lowest BCUT2D eigenvalue weighted by Gasteiger charge is -2.19. The Morgan fingerprint density at radius 3 is 2.77 bits per heavy atom. The van der Waals surface area contributed by atoms with Gasteiger partial charge in [-0.3, -0.25) is 9.36 Å². The molecule has 4 N–H and O–H groups in total. The summed E-state index contributed by atoms with van der Waals surface area (Å²) < 4.78 is 36.0. The number of carbonyl (C=O) groups is 1. The minimum absolute atomic E-state index is 0.0173. The third kappa shape index (κ3) is 4.71. The van der Waals surface area contributed by atoms with E-state index in [-0.39, 0.29) is 36.8 Å². The quantitative estimate of drug-likeness (QED) is 0.416. The topological polar surface area (TPSA) is 154 Å². The Bertz CT molecular complexity index is 997. The van der Waals surface area contributed by atoms with Crippen LogP contribution in [0.4, 0.5) is 5.82 Å². The minimum atomic E-state index is -3.01. The standard InChI is InChI=1S/C18H26N5O6P/c1-4-28-30(25,9-26-3)10-27-8-12-5-6-14(29-12)23-7-13(17(20)24)15-16(19)21-11(2)22-18(15)23/h5-7,12,14H,4,8-10H2,1-3H3,(H2,20,24)(H2,19,21,22)/t12-,14+,30?/m0/s1. The number of nitrogens with two attached hydrogens (primary N) is 2. The highest BCUT2D eigenvalue weighted by atomic mass is 31.2. The van der Waals surface area contributed by atoms with Crippen LogP contribution in [0.15, 0.2) is 18.3 Å². The maximum absolute atomic E-state index is 12.5. The van der Waals surface area contributed by atoms with Gasteiger partial charge in [-0.05, 0) is 19.9 Å². The van der Waals surface area contributed by atoms with Crippen molar-refractivity contribution in [1.29, 1.82) is 0 Å². The monoisotopic (exact) mass is 439 g/mol. The summed E-state index contributed by atoms with van der Waals surface area (Å²) in [6.45, 7) is 3.94. The highest BCUT2D eigenvalue weighted by molar-refractivity contribution is 7.58. The van der Waals surface area contributed by atoms with E-state index in [0.717, 1.165) is 0 Å². The molecule has 3 atom stereocenters. The van der Waals surface area contributed by atoms with Gasteiger partial charge in [0.25, 0.3) is 13.3 Å². The predicted molar refractivity (Wildman–Crippen MR) is 110 cm³/mol. The molecule has 0 saturated carbocycles. The fourth-order valence-electron chi connectivity index (χ4n) is 3.26. The Hall–Kier alpha value is -2.30. The molecule has 3 rings (SSSR count). The summed E-state index contributed by atoms with van der Waals surface area (Å²) >= 11 is 0. The number of aryl methyl sites for hydroxylation is 1. The second-order valence-corrected chi connectivity index (χ2v) is 9.17. The molecule has 164 valence electrons. The van der Waals surface area contributed by atoms with Gasteiger partial charge in [0.05, 0.1) is 24.2 Å². The first-order valence-corrected chi connectivity index (χ1v) is 11.3. The molecule has 11 nitrogen and oxygen atoms in total. The molecule has 0 radical (unpaired) electrons. The summed E-state index contributed by atoms with van der Waals surface area (Å²) in [5.41, 5.74) is 12.2. The first-order valence-electron chi connectivity index (χ1n) is 9.35. The summed E-state index contributed by atoms with van der Waals surface area (Å²) in [6, 6.07) is 0. The van der Waals surface area contributed by atoms with Gasteiger partial charge in [-0.15, -0.1) is 0 Å². The number of rotatable bonds is 10. The number of nitrogens with zero attached hydrogens (tertiary/aromatic N) is 3. The van der Waals surface area contributed by atoms with Gasteiger partial charge in [-0.25, -0.2) is 9.97 Å². The number of fused-ring (bicyclic) bond motifs is 1. The molecule has 1 aliphatic rings. The number of carbonyl (C=O) groups excluding carboxylic acids is 1. The van der Waals surface area contributed by atoms with E-state index in [0.29, 0.717) is 23.5 Å². The molecular weight excluding hydrogens is 413 g/mol. The Kier molecular flexibility index (Phi) is 6.89. The van der Waals surface area contributed by atoms with Gasteiger partial charge in [0, 0.05) is 13.3 Å². The van der Waals surface area contributed by atoms with E-state index >= 15 is 0 Å². The molecular formula is C18H26N5O6P. The van der Waals surface area contributed by atoms with E-state index in [2.05, 4.69) is 9.97 Å². The van der Waals surface area contributed by atoms with E-state index in [1.165, 1.54) is 7.11 Å². The van der Waals surface area contributed by atoms with Crippen molar-refractivity contribution < 1.29 is 28.1 Å². The van der Waals surface area contributed by atoms with E-state index < -0.39 is 19.5 Å². The lowest BCUT2D eigenvalue weighted by atomic mass is 10.2. The van der Waals surface area contributed by atoms with Crippen molar-refractivity contribution in [3.63, 3.8) is 0 Å². The van der Waals surface area contributed by atoms with Gasteiger partial charge < -0.3 is 34.8 Å². The van der Waals surface area contributed by atoms with Crippen LogP contribution < -0.4 is 11.5 Å². The summed E-state index contributed by atoms with van der Waals surface area (Å²) in [4.78, 5) is 20.4. The maximum atomic E-state index is 12.5. The molecule has 1 unspecified atom stereocenters. The second-order valence-electron chi connectivity index (χ2n) is 6.77. The molecule has 1 amide bonds. The fourth-order valence-corrected chi connectivity index (χ4v) is 4.73. The lowest BCUT2D eigenvalue weighted by Crippen LogP contribution is -2.18. The largest absolute Gasteiger partial charge is 0.383 e. The number of primary amides is 1. The van der Waals surface area contributed by atoms with Crippen molar-refractivity contribution >= 4 is 30.1 Å². The van der Waals surface area contributed by atoms with E-state index in [1.807, 2.05) is 12.2 Å². The summed E-state index contributed by atoms with van der Waals surface area (Å²) in [5, 5.41) is 0.391. The number of ether oxygens (including phenoxy) is 3. The van der Waals surface area contributed by atoms with Crippen molar-refractivity contribution in [3.8, 4) is 0 Å². The minimum Gasteiger partial charge on any atom is -0.383 e. The van der Waals surface area contributed by atoms with Crippen molar-refractivity contribution in [2.45, 2.75) is 26.2 Å². The molecule has 3 heterocycles. The van der Waals surface area contributed by atoms with Crippen LogP contribution in [0.2, 0.25) is 0 Å². The Morgan fingerprint density at radius 1 is 1.33 bits per heavy atom. The highest BCUT2D eigenvalue weighted by Crippen LogP contribution is 2.46. The zero-order valence-corrected chi connectivity index (χ0v) is 18.0. The van der Waals surface area contributed by atoms with E-state index in [9.17, 15) is 9.36 Å². The average Bonchev–Trinajstić information content (AvgIpc) is 3.26. The van der Waals surface area contributed by atoms with Crippen molar-refractivity contribution in [2.24, 2.45) is 5.73 Å². The third-order valence-electron chi connectivity index (χ3n) is 4.42. The van der Waals surface area contributed by atoms with Gasteiger partial charge in [-0.2, -0.15) is 0 Å². The molecule has 1 aliphatic heterocycles. The van der Waals surface area contributed by atoms with Crippen LogP contribution in [0.3, 0.4) is 0 Å². The number of amides is 1. The summed E-state index contributed by atoms with van der Waals surface area (Å²) in [6.07, 6.45) is 4.16. The van der Waals surface area contributed by atoms with Gasteiger partial charge >= 0.3 is 0 Å². The highest BCUT2D eigenvalue weighted by Gasteiger charge is 2.28. The number of hydrogen-bond donors (Lipinski definition) is 2. The average molecular weight is 439 g/mol. The molecule has 30 heavy (non-hydrogen) atoms. The zero-order chi connectivity index (χ0) is 21.9. The first kappa shape index (κ1) is 22.4. The maximum Gasteiger partial charge on any atom is 0.252 e. The van der Waals surface area contributed by atoms with Gasteiger partial charge in [-0.1, -0.05) is 6.08 Å². The molecule has 2 aromatic heterocycles. The number of anilines is 1. The van der Waals surface area contributed by atoms with Crippen LogP contribution in [-0.2, 0) is 23.3 Å². The van der Waals surface area contributed by atoms with Crippen LogP contribution in [-0.4, -0.2) is 59.6 Å². The third-order valence-corrected chi connectivity index (χ3v) is 6.37. The summed E-state index contributed by atoms with van der Waals surface area (Å²) in [7, 11) is -1.56. The Balaban J connectivity index is 1.72. The Morgan fingerprint density at radius 2 is 2.10 bits per heavy atom. The molecule has 2 aromatic rings. The molecule has 0 spiro atoms. The fraction of sp³-hybridized carbons (Fsp3) is 0.500. The molecule has 0 saturated heterocycles. The number of nitrogen functional groups attached to an aromatic ring is 1. The Labute approximate surface area is 173 Å². The normalized spacial score (nSPS) is 20.6. The van der Waals surface area contributed by atoms with Crippen molar-refractivity contribution in [2.75, 3.05) is 38.8 Å². The molecule has 0 aromatic carbocycles. The smallest absolute Gasteiger partial charge is 0.252 e. The second kappa shape index (κ2) is 9.23. The van der Waals surface area contributed by atoms with Crippen LogP contribution >= 0.6 is 7.37 Å². The van der Waals surface area contributed by atoms with Crippen molar-refractivity contribution in [3.05, 3.63) is 29.7 Å². The van der Waals surface area contributed by atoms with Crippen molar-refractivity contribution in [1.82, 2.24) is 14.5 Å². The molecule has 0 aliphatic carbocycles. The SMILES string of the molecule is CCOP(=O)(COC)COC[C@@H]1C=C[C@H](n2cc(C(N)=O)c3c(N)nc(C)nc32)O1. The molecule has 12 heteroatoms. The van der Waals surface area contributed by atoms with Crippen LogP contribution in [0, 0.1) is 6.92 Å². The predicted octanol–water partition coefficient (Wildman–Crippen LogP) is 1.77. The lowest BCUT2D eigenvalue weighted by molar-refractivity contribution is -0.0212. The van der Waals surface area contributed by atoms with E-state index in [1.54, 1.807) is 24.6 Å². The van der Waals surface area contributed by atoms with Crippen LogP contribution in [0.25, 0.3) is 11.0 Å². The first-order chi connectivity index (χ1) is 14.3. The van der Waals surface area contributed by atoms with Gasteiger partial charge in [0.15, 0.2) is 6.23 Å².